The van der Waals surface area contributed by atoms with E-state index in [1.807, 2.05) is 31.2 Å². The van der Waals surface area contributed by atoms with Crippen molar-refractivity contribution in [2.75, 3.05) is 11.9 Å². The summed E-state index contributed by atoms with van der Waals surface area (Å²) in [4.78, 5) is 4.27. The molecule has 0 radical (unpaired) electrons. The third-order valence-electron chi connectivity index (χ3n) is 2.59. The minimum absolute atomic E-state index is 0.422. The molecule has 0 fully saturated rings. The molecule has 0 aliphatic heterocycles. The second-order valence-electron chi connectivity index (χ2n) is 3.97. The summed E-state index contributed by atoms with van der Waals surface area (Å²) in [6.45, 7) is 3.26. The van der Waals surface area contributed by atoms with E-state index in [9.17, 15) is 0 Å². The number of hydrogen-bond acceptors (Lipinski definition) is 4. The number of nitriles is 1. The van der Waals surface area contributed by atoms with Gasteiger partial charge in [-0.3, -0.25) is 0 Å². The second-order valence-corrected chi connectivity index (χ2v) is 3.97. The lowest BCUT2D eigenvalue weighted by molar-refractivity contribution is 0.306. The minimum Gasteiger partial charge on any atom is -0.489 e. The average Bonchev–Trinajstić information content (AvgIpc) is 2.47. The van der Waals surface area contributed by atoms with Crippen molar-refractivity contribution < 1.29 is 4.74 Å². The van der Waals surface area contributed by atoms with Crippen LogP contribution >= 0.6 is 0 Å². The standard InChI is InChI=1S/C15H15N3O/c1-2-17-15-13(6-4-8-18-15)11-19-14-7-3-5-12(9-14)10-16/h3-9H,2,11H2,1H3,(H,17,18). The van der Waals surface area contributed by atoms with Gasteiger partial charge in [0.15, 0.2) is 0 Å². The zero-order valence-corrected chi connectivity index (χ0v) is 10.8. The molecule has 1 N–H and O–H groups in total. The summed E-state index contributed by atoms with van der Waals surface area (Å²) >= 11 is 0. The van der Waals surface area contributed by atoms with E-state index < -0.39 is 0 Å². The lowest BCUT2D eigenvalue weighted by Crippen LogP contribution is -2.05. The number of pyridine rings is 1. The molecule has 4 nitrogen and oxygen atoms in total. The Balaban J connectivity index is 2.08. The third kappa shape index (κ3) is 3.46. The third-order valence-corrected chi connectivity index (χ3v) is 2.59. The van der Waals surface area contributed by atoms with Gasteiger partial charge < -0.3 is 10.1 Å². The molecule has 0 amide bonds. The Kier molecular flexibility index (Phi) is 4.35. The van der Waals surface area contributed by atoms with Crippen LogP contribution in [0.25, 0.3) is 0 Å². The molecule has 0 atom stereocenters. The Morgan fingerprint density at radius 1 is 1.32 bits per heavy atom. The maximum Gasteiger partial charge on any atom is 0.132 e. The Morgan fingerprint density at radius 3 is 3.00 bits per heavy atom. The lowest BCUT2D eigenvalue weighted by Gasteiger charge is -2.10. The molecule has 1 heterocycles. The van der Waals surface area contributed by atoms with Crippen molar-refractivity contribution in [1.29, 1.82) is 5.26 Å². The largest absolute Gasteiger partial charge is 0.489 e. The molecule has 1 aromatic heterocycles. The van der Waals surface area contributed by atoms with Gasteiger partial charge in [0, 0.05) is 18.3 Å². The zero-order valence-electron chi connectivity index (χ0n) is 10.8. The van der Waals surface area contributed by atoms with Crippen LogP contribution in [0.3, 0.4) is 0 Å². The fraction of sp³-hybridized carbons (Fsp3) is 0.200. The van der Waals surface area contributed by atoms with Gasteiger partial charge in [0.1, 0.15) is 18.2 Å². The first-order chi connectivity index (χ1) is 9.33. The van der Waals surface area contributed by atoms with Crippen LogP contribution in [-0.2, 0) is 6.61 Å². The number of anilines is 1. The summed E-state index contributed by atoms with van der Waals surface area (Å²) in [7, 11) is 0. The van der Waals surface area contributed by atoms with E-state index in [4.69, 9.17) is 10.00 Å². The molecule has 0 spiro atoms. The van der Waals surface area contributed by atoms with E-state index in [1.54, 1.807) is 18.3 Å². The van der Waals surface area contributed by atoms with Gasteiger partial charge in [-0.1, -0.05) is 12.1 Å². The zero-order chi connectivity index (χ0) is 13.5. The van der Waals surface area contributed by atoms with Crippen LogP contribution in [0.15, 0.2) is 42.6 Å². The monoisotopic (exact) mass is 253 g/mol. The maximum absolute atomic E-state index is 8.84. The topological polar surface area (TPSA) is 57.9 Å². The molecule has 19 heavy (non-hydrogen) atoms. The smallest absolute Gasteiger partial charge is 0.132 e. The highest BCUT2D eigenvalue weighted by atomic mass is 16.5. The summed E-state index contributed by atoms with van der Waals surface area (Å²) in [5.74, 6) is 1.52. The van der Waals surface area contributed by atoms with Crippen molar-refractivity contribution in [3.8, 4) is 11.8 Å². The quantitative estimate of drug-likeness (QED) is 0.890. The van der Waals surface area contributed by atoms with Crippen LogP contribution in [0, 0.1) is 11.3 Å². The number of ether oxygens (including phenoxy) is 1. The number of nitrogens with zero attached hydrogens (tertiary/aromatic N) is 2. The predicted molar refractivity (Wildman–Crippen MR) is 73.9 cm³/mol. The number of rotatable bonds is 5. The molecule has 0 saturated carbocycles. The van der Waals surface area contributed by atoms with Crippen LogP contribution < -0.4 is 10.1 Å². The molecule has 96 valence electrons. The lowest BCUT2D eigenvalue weighted by atomic mass is 10.2. The normalized spacial score (nSPS) is 9.68. The number of nitrogens with one attached hydrogen (secondary N) is 1. The van der Waals surface area contributed by atoms with Gasteiger partial charge in [0.2, 0.25) is 0 Å². The molecule has 0 bridgehead atoms. The molecular formula is C15H15N3O. The molecule has 4 heteroatoms. The van der Waals surface area contributed by atoms with Gasteiger partial charge in [-0.05, 0) is 31.2 Å². The molecular weight excluding hydrogens is 238 g/mol. The highest BCUT2D eigenvalue weighted by molar-refractivity contribution is 5.43. The summed E-state index contributed by atoms with van der Waals surface area (Å²) in [5, 5.41) is 12.0. The Morgan fingerprint density at radius 2 is 2.21 bits per heavy atom. The molecule has 0 unspecified atom stereocenters. The molecule has 0 saturated heterocycles. The Labute approximate surface area is 112 Å². The van der Waals surface area contributed by atoms with E-state index in [-0.39, 0.29) is 0 Å². The fourth-order valence-corrected chi connectivity index (χ4v) is 1.70. The van der Waals surface area contributed by atoms with Crippen LogP contribution in [0.5, 0.6) is 5.75 Å². The van der Waals surface area contributed by atoms with E-state index >= 15 is 0 Å². The van der Waals surface area contributed by atoms with Crippen LogP contribution in [0.1, 0.15) is 18.1 Å². The molecule has 0 aliphatic carbocycles. The summed E-state index contributed by atoms with van der Waals surface area (Å²) in [6, 6.07) is 13.1. The summed E-state index contributed by atoms with van der Waals surface area (Å²) in [6.07, 6.45) is 1.75. The minimum atomic E-state index is 0.422. The number of hydrogen-bond donors (Lipinski definition) is 1. The molecule has 2 rings (SSSR count). The average molecular weight is 253 g/mol. The number of benzene rings is 1. The first kappa shape index (κ1) is 12.9. The van der Waals surface area contributed by atoms with Crippen molar-refractivity contribution in [2.24, 2.45) is 0 Å². The van der Waals surface area contributed by atoms with Gasteiger partial charge in [-0.15, -0.1) is 0 Å². The van der Waals surface area contributed by atoms with Gasteiger partial charge in [0.25, 0.3) is 0 Å². The maximum atomic E-state index is 8.84. The van der Waals surface area contributed by atoms with Crippen LogP contribution in [0.2, 0.25) is 0 Å². The number of aromatic nitrogens is 1. The molecule has 1 aromatic carbocycles. The fourth-order valence-electron chi connectivity index (χ4n) is 1.70. The first-order valence-electron chi connectivity index (χ1n) is 6.14. The first-order valence-corrected chi connectivity index (χ1v) is 6.14. The SMILES string of the molecule is CCNc1ncccc1COc1cccc(C#N)c1. The predicted octanol–water partition coefficient (Wildman–Crippen LogP) is 2.96. The Bertz CT molecular complexity index is 590. The van der Waals surface area contributed by atoms with Gasteiger partial charge in [-0.25, -0.2) is 4.98 Å². The van der Waals surface area contributed by atoms with Crippen LogP contribution in [-0.4, -0.2) is 11.5 Å². The highest BCUT2D eigenvalue weighted by Crippen LogP contribution is 2.17. The van der Waals surface area contributed by atoms with Crippen molar-refractivity contribution in [2.45, 2.75) is 13.5 Å². The van der Waals surface area contributed by atoms with E-state index in [2.05, 4.69) is 16.4 Å². The van der Waals surface area contributed by atoms with E-state index in [0.717, 1.165) is 17.9 Å². The van der Waals surface area contributed by atoms with Gasteiger partial charge in [-0.2, -0.15) is 5.26 Å². The molecule has 0 aliphatic rings. The highest BCUT2D eigenvalue weighted by Gasteiger charge is 2.03. The van der Waals surface area contributed by atoms with Crippen molar-refractivity contribution in [3.63, 3.8) is 0 Å². The Hall–Kier alpha value is -2.54. The van der Waals surface area contributed by atoms with Crippen LogP contribution in [0.4, 0.5) is 5.82 Å². The van der Waals surface area contributed by atoms with E-state index in [1.165, 1.54) is 0 Å². The second kappa shape index (κ2) is 6.41. The molecule has 2 aromatic rings. The van der Waals surface area contributed by atoms with Crippen molar-refractivity contribution in [1.82, 2.24) is 4.98 Å². The summed E-state index contributed by atoms with van der Waals surface area (Å²) < 4.78 is 5.69. The van der Waals surface area contributed by atoms with Gasteiger partial charge >= 0.3 is 0 Å². The van der Waals surface area contributed by atoms with E-state index in [0.29, 0.717) is 17.9 Å². The summed E-state index contributed by atoms with van der Waals surface area (Å²) in [5.41, 5.74) is 1.59. The van der Waals surface area contributed by atoms with Gasteiger partial charge in [0.05, 0.1) is 11.6 Å². The van der Waals surface area contributed by atoms with Crippen molar-refractivity contribution in [3.05, 3.63) is 53.7 Å². The van der Waals surface area contributed by atoms with Crippen molar-refractivity contribution >= 4 is 5.82 Å².